The average molecular weight is 1080 g/mol. The zero-order valence-corrected chi connectivity index (χ0v) is 51.5. The number of allylic oxidation sites excluding steroid dienone is 10. The van der Waals surface area contributed by atoms with Gasteiger partial charge in [0, 0.05) is 19.3 Å². The molecule has 0 radical (unpaired) electrons. The Hall–Kier alpha value is -2.89. The van der Waals surface area contributed by atoms with Crippen LogP contribution in [0.1, 0.15) is 355 Å². The Kier molecular flexibility index (Phi) is 63.2. The highest BCUT2D eigenvalue weighted by molar-refractivity contribution is 5.71. The van der Waals surface area contributed by atoms with Crippen LogP contribution in [0.2, 0.25) is 0 Å². The van der Waals surface area contributed by atoms with Crippen LogP contribution < -0.4 is 0 Å². The molecular weight excluding hydrogens is 949 g/mol. The molecule has 0 N–H and O–H groups in total. The number of ether oxygens (including phenoxy) is 3. The van der Waals surface area contributed by atoms with E-state index in [1.807, 2.05) is 0 Å². The molecule has 1 atom stereocenters. The molecule has 6 heteroatoms. The van der Waals surface area contributed by atoms with Crippen molar-refractivity contribution in [1.29, 1.82) is 0 Å². The molecule has 6 nitrogen and oxygen atoms in total. The van der Waals surface area contributed by atoms with E-state index in [0.717, 1.165) is 96.3 Å². The van der Waals surface area contributed by atoms with Crippen molar-refractivity contribution in [2.75, 3.05) is 13.2 Å². The molecule has 1 unspecified atom stereocenters. The van der Waals surface area contributed by atoms with E-state index >= 15 is 0 Å². The molecule has 0 aliphatic heterocycles. The molecule has 0 amide bonds. The first-order valence-electron chi connectivity index (χ1n) is 33.8. The fourth-order valence-corrected chi connectivity index (χ4v) is 9.96. The quantitative estimate of drug-likeness (QED) is 0.0261. The molecule has 0 saturated heterocycles. The van der Waals surface area contributed by atoms with Crippen LogP contribution in [0.25, 0.3) is 0 Å². The Labute approximate surface area is 479 Å². The average Bonchev–Trinajstić information content (AvgIpc) is 3.43. The van der Waals surface area contributed by atoms with E-state index in [9.17, 15) is 14.4 Å². The summed E-state index contributed by atoms with van der Waals surface area (Å²) in [4.78, 5) is 38.4. The maximum Gasteiger partial charge on any atom is 0.306 e. The van der Waals surface area contributed by atoms with Crippen LogP contribution in [0.4, 0.5) is 0 Å². The summed E-state index contributed by atoms with van der Waals surface area (Å²) >= 11 is 0. The van der Waals surface area contributed by atoms with E-state index in [-0.39, 0.29) is 31.1 Å². The summed E-state index contributed by atoms with van der Waals surface area (Å²) in [6.07, 6.45) is 83.8. The van der Waals surface area contributed by atoms with E-state index in [1.165, 1.54) is 218 Å². The highest BCUT2D eigenvalue weighted by atomic mass is 16.6. The van der Waals surface area contributed by atoms with E-state index in [4.69, 9.17) is 14.2 Å². The summed E-state index contributed by atoms with van der Waals surface area (Å²) in [5.74, 6) is -0.884. The number of carbonyl (C=O) groups is 3. The Balaban J connectivity index is 4.36. The van der Waals surface area contributed by atoms with Crippen molar-refractivity contribution >= 4 is 17.9 Å². The monoisotopic (exact) mass is 1080 g/mol. The number of carbonyl (C=O) groups excluding carboxylic acids is 3. The van der Waals surface area contributed by atoms with Crippen LogP contribution >= 0.6 is 0 Å². The standard InChI is InChI=1S/C71H128O6/c1-4-7-10-13-16-19-22-25-28-31-33-35-37-40-43-46-49-52-55-58-61-64-70(73)76-67-68(66-75-69(72)63-60-57-54-51-48-45-42-39-30-27-24-21-18-15-12-9-6-3)77-71(74)65-62-59-56-53-50-47-44-41-38-36-34-32-29-26-23-20-17-14-11-8-5-2/h9,12,18,21,27,30-31,33,42,45,68H,4-8,10-11,13-17,19-20,22-26,28-29,32,34-41,43-44,46-67H2,1-3H3/b12-9-,21-18-,30-27-,33-31-,45-42-. The van der Waals surface area contributed by atoms with Gasteiger partial charge in [0.15, 0.2) is 6.10 Å². The van der Waals surface area contributed by atoms with Crippen molar-refractivity contribution < 1.29 is 28.6 Å². The normalized spacial score (nSPS) is 12.4. The third kappa shape index (κ3) is 63.8. The predicted molar refractivity (Wildman–Crippen MR) is 335 cm³/mol. The van der Waals surface area contributed by atoms with E-state index in [0.29, 0.717) is 19.3 Å². The van der Waals surface area contributed by atoms with E-state index in [2.05, 4.69) is 81.5 Å². The zero-order chi connectivity index (χ0) is 55.7. The Morgan fingerprint density at radius 1 is 0.273 bits per heavy atom. The summed E-state index contributed by atoms with van der Waals surface area (Å²) < 4.78 is 17.0. The first-order chi connectivity index (χ1) is 38.0. The second-order valence-corrected chi connectivity index (χ2v) is 22.7. The predicted octanol–water partition coefficient (Wildman–Crippen LogP) is 23.1. The topological polar surface area (TPSA) is 78.9 Å². The van der Waals surface area contributed by atoms with Crippen molar-refractivity contribution in [3.63, 3.8) is 0 Å². The van der Waals surface area contributed by atoms with Crippen molar-refractivity contribution in [1.82, 2.24) is 0 Å². The van der Waals surface area contributed by atoms with Crippen molar-refractivity contribution in [3.05, 3.63) is 60.8 Å². The zero-order valence-electron chi connectivity index (χ0n) is 51.5. The van der Waals surface area contributed by atoms with Gasteiger partial charge in [0.05, 0.1) is 0 Å². The van der Waals surface area contributed by atoms with Gasteiger partial charge in [-0.05, 0) is 83.5 Å². The van der Waals surface area contributed by atoms with Gasteiger partial charge in [-0.15, -0.1) is 0 Å². The Bertz CT molecular complexity index is 1380. The van der Waals surface area contributed by atoms with E-state index < -0.39 is 6.10 Å². The lowest BCUT2D eigenvalue weighted by Crippen LogP contribution is -2.30. The van der Waals surface area contributed by atoms with Gasteiger partial charge in [0.1, 0.15) is 13.2 Å². The molecule has 0 aromatic rings. The second kappa shape index (κ2) is 65.6. The van der Waals surface area contributed by atoms with Crippen LogP contribution in [-0.2, 0) is 28.6 Å². The number of rotatable bonds is 62. The summed E-state index contributed by atoms with van der Waals surface area (Å²) in [7, 11) is 0. The molecule has 0 rings (SSSR count). The summed E-state index contributed by atoms with van der Waals surface area (Å²) in [6.45, 7) is 6.57. The number of unbranched alkanes of at least 4 members (excludes halogenated alkanes) is 41. The molecule has 77 heavy (non-hydrogen) atoms. The van der Waals surface area contributed by atoms with E-state index in [1.54, 1.807) is 0 Å². The number of hydrogen-bond donors (Lipinski definition) is 0. The first kappa shape index (κ1) is 74.1. The first-order valence-corrected chi connectivity index (χ1v) is 33.8. The molecule has 0 heterocycles. The molecule has 448 valence electrons. The van der Waals surface area contributed by atoms with Gasteiger partial charge in [0.25, 0.3) is 0 Å². The largest absolute Gasteiger partial charge is 0.462 e. The second-order valence-electron chi connectivity index (χ2n) is 22.7. The molecular formula is C71H128O6. The SMILES string of the molecule is CC/C=C\C/C=C\C/C=C\C/C=C\CCCCCCC(=O)OCC(COC(=O)CCCCCCCCCCC/C=C\CCCCCCCCCC)OC(=O)CCCCCCCCCCCCCCCCCCCCCCC. The van der Waals surface area contributed by atoms with Crippen LogP contribution in [0.3, 0.4) is 0 Å². The summed E-state index contributed by atoms with van der Waals surface area (Å²) in [6, 6.07) is 0. The van der Waals surface area contributed by atoms with Crippen LogP contribution in [0, 0.1) is 0 Å². The molecule has 0 aliphatic carbocycles. The minimum Gasteiger partial charge on any atom is -0.462 e. The highest BCUT2D eigenvalue weighted by Crippen LogP contribution is 2.18. The molecule has 0 aliphatic rings. The van der Waals surface area contributed by atoms with Gasteiger partial charge in [-0.1, -0.05) is 313 Å². The smallest absolute Gasteiger partial charge is 0.306 e. The Morgan fingerprint density at radius 2 is 0.506 bits per heavy atom. The van der Waals surface area contributed by atoms with Gasteiger partial charge in [-0.2, -0.15) is 0 Å². The van der Waals surface area contributed by atoms with Gasteiger partial charge in [-0.25, -0.2) is 0 Å². The summed E-state index contributed by atoms with van der Waals surface area (Å²) in [5, 5.41) is 0. The lowest BCUT2D eigenvalue weighted by Gasteiger charge is -2.18. The maximum absolute atomic E-state index is 12.9. The van der Waals surface area contributed by atoms with Gasteiger partial charge >= 0.3 is 17.9 Å². The van der Waals surface area contributed by atoms with Crippen LogP contribution in [-0.4, -0.2) is 37.2 Å². The minimum absolute atomic E-state index is 0.0799. The molecule has 0 fully saturated rings. The number of esters is 3. The molecule has 0 saturated carbocycles. The lowest BCUT2D eigenvalue weighted by molar-refractivity contribution is -0.167. The number of hydrogen-bond acceptors (Lipinski definition) is 6. The third-order valence-electron chi connectivity index (χ3n) is 15.0. The van der Waals surface area contributed by atoms with Crippen molar-refractivity contribution in [3.8, 4) is 0 Å². The molecule has 0 aromatic heterocycles. The maximum atomic E-state index is 12.9. The van der Waals surface area contributed by atoms with Crippen molar-refractivity contribution in [2.45, 2.75) is 361 Å². The van der Waals surface area contributed by atoms with Crippen molar-refractivity contribution in [2.24, 2.45) is 0 Å². The minimum atomic E-state index is -0.785. The van der Waals surface area contributed by atoms with Gasteiger partial charge in [0.2, 0.25) is 0 Å². The highest BCUT2D eigenvalue weighted by Gasteiger charge is 2.19. The molecule has 0 spiro atoms. The molecule has 0 aromatic carbocycles. The van der Waals surface area contributed by atoms with Gasteiger partial charge in [-0.3, -0.25) is 14.4 Å². The molecule has 0 bridgehead atoms. The van der Waals surface area contributed by atoms with Crippen LogP contribution in [0.15, 0.2) is 60.8 Å². The summed E-state index contributed by atoms with van der Waals surface area (Å²) in [5.41, 5.74) is 0. The van der Waals surface area contributed by atoms with Crippen LogP contribution in [0.5, 0.6) is 0 Å². The fourth-order valence-electron chi connectivity index (χ4n) is 9.96. The Morgan fingerprint density at radius 3 is 0.805 bits per heavy atom. The van der Waals surface area contributed by atoms with Gasteiger partial charge < -0.3 is 14.2 Å². The fraction of sp³-hybridized carbons (Fsp3) is 0.817. The third-order valence-corrected chi connectivity index (χ3v) is 15.0. The lowest BCUT2D eigenvalue weighted by atomic mass is 10.0.